The van der Waals surface area contributed by atoms with Crippen LogP contribution in [0.4, 0.5) is 0 Å². The monoisotopic (exact) mass is 140 g/mol. The zero-order chi connectivity index (χ0) is 7.40. The van der Waals surface area contributed by atoms with Crippen LogP contribution in [0.25, 0.3) is 0 Å². The Morgan fingerprint density at radius 1 is 1.30 bits per heavy atom. The summed E-state index contributed by atoms with van der Waals surface area (Å²) in [7, 11) is 0. The first-order chi connectivity index (χ1) is 4.79. The molecule has 0 N–H and O–H groups in total. The second-order valence-electron chi connectivity index (χ2n) is 3.24. The number of hydrogen-bond acceptors (Lipinski definition) is 1. The number of allylic oxidation sites excluding steroid dienone is 1. The van der Waals surface area contributed by atoms with Crippen molar-refractivity contribution in [1.82, 2.24) is 0 Å². The van der Waals surface area contributed by atoms with Crippen molar-refractivity contribution in [3.8, 4) is 0 Å². The van der Waals surface area contributed by atoms with Gasteiger partial charge in [-0.3, -0.25) is 0 Å². The van der Waals surface area contributed by atoms with Crippen LogP contribution in [0.1, 0.15) is 33.1 Å². The average molecular weight is 140 g/mol. The fourth-order valence-corrected chi connectivity index (χ4v) is 1.18. The molecule has 2 atom stereocenters. The Labute approximate surface area is 63.1 Å². The topological polar surface area (TPSA) is 9.23 Å². The minimum atomic E-state index is 0.416. The molecule has 1 aliphatic rings. The number of ether oxygens (including phenoxy) is 1. The molecule has 58 valence electrons. The van der Waals surface area contributed by atoms with Crippen molar-refractivity contribution >= 4 is 0 Å². The molecule has 0 aromatic heterocycles. The van der Waals surface area contributed by atoms with Crippen LogP contribution in [-0.4, -0.2) is 6.10 Å². The summed E-state index contributed by atoms with van der Waals surface area (Å²) in [6.07, 6.45) is 8.06. The summed E-state index contributed by atoms with van der Waals surface area (Å²) in [6.45, 7) is 4.42. The SMILES string of the molecule is CC1CC=COC(C)CC1. The molecule has 0 aromatic rings. The molecular weight excluding hydrogens is 124 g/mol. The summed E-state index contributed by atoms with van der Waals surface area (Å²) in [5, 5.41) is 0. The van der Waals surface area contributed by atoms with E-state index in [1.54, 1.807) is 0 Å². The van der Waals surface area contributed by atoms with E-state index in [1.165, 1.54) is 19.3 Å². The lowest BCUT2D eigenvalue weighted by atomic mass is 9.99. The Morgan fingerprint density at radius 2 is 2.10 bits per heavy atom. The van der Waals surface area contributed by atoms with Crippen LogP contribution in [-0.2, 0) is 4.74 Å². The maximum absolute atomic E-state index is 5.35. The maximum atomic E-state index is 5.35. The van der Waals surface area contributed by atoms with Gasteiger partial charge in [0, 0.05) is 0 Å². The molecule has 1 nitrogen and oxygen atoms in total. The van der Waals surface area contributed by atoms with Crippen molar-refractivity contribution in [2.75, 3.05) is 0 Å². The van der Waals surface area contributed by atoms with Gasteiger partial charge in [-0.05, 0) is 38.2 Å². The van der Waals surface area contributed by atoms with Crippen LogP contribution in [0.2, 0.25) is 0 Å². The Morgan fingerprint density at radius 3 is 2.90 bits per heavy atom. The van der Waals surface area contributed by atoms with Crippen LogP contribution < -0.4 is 0 Å². The summed E-state index contributed by atoms with van der Waals surface area (Å²) < 4.78 is 5.35. The molecule has 0 fully saturated rings. The van der Waals surface area contributed by atoms with Crippen molar-refractivity contribution in [3.05, 3.63) is 12.3 Å². The first kappa shape index (κ1) is 7.64. The molecule has 0 aromatic carbocycles. The predicted octanol–water partition coefficient (Wildman–Crippen LogP) is 2.73. The third kappa shape index (κ3) is 2.42. The summed E-state index contributed by atoms with van der Waals surface area (Å²) in [4.78, 5) is 0. The van der Waals surface area contributed by atoms with E-state index in [9.17, 15) is 0 Å². The first-order valence-corrected chi connectivity index (χ1v) is 4.09. The molecule has 10 heavy (non-hydrogen) atoms. The highest BCUT2D eigenvalue weighted by Crippen LogP contribution is 2.16. The van der Waals surface area contributed by atoms with E-state index < -0.39 is 0 Å². The molecule has 0 amide bonds. The van der Waals surface area contributed by atoms with Gasteiger partial charge in [-0.15, -0.1) is 0 Å². The average Bonchev–Trinajstić information content (AvgIpc) is 1.90. The summed E-state index contributed by atoms with van der Waals surface area (Å²) in [5.41, 5.74) is 0. The van der Waals surface area contributed by atoms with Gasteiger partial charge < -0.3 is 4.74 Å². The maximum Gasteiger partial charge on any atom is 0.0950 e. The fourth-order valence-electron chi connectivity index (χ4n) is 1.18. The normalized spacial score (nSPS) is 34.2. The van der Waals surface area contributed by atoms with E-state index in [4.69, 9.17) is 4.74 Å². The minimum Gasteiger partial charge on any atom is -0.499 e. The summed E-state index contributed by atoms with van der Waals surface area (Å²) in [6, 6.07) is 0. The second kappa shape index (κ2) is 3.65. The zero-order valence-electron chi connectivity index (χ0n) is 6.84. The van der Waals surface area contributed by atoms with Crippen molar-refractivity contribution in [1.29, 1.82) is 0 Å². The largest absolute Gasteiger partial charge is 0.499 e. The fraction of sp³-hybridized carbons (Fsp3) is 0.778. The molecule has 0 spiro atoms. The highest BCUT2D eigenvalue weighted by Gasteiger charge is 2.07. The molecule has 1 rings (SSSR count). The molecule has 0 saturated heterocycles. The van der Waals surface area contributed by atoms with Crippen molar-refractivity contribution in [3.63, 3.8) is 0 Å². The molecule has 2 unspecified atom stereocenters. The third-order valence-electron chi connectivity index (χ3n) is 2.01. The van der Waals surface area contributed by atoms with E-state index in [0.717, 1.165) is 5.92 Å². The minimum absolute atomic E-state index is 0.416. The van der Waals surface area contributed by atoms with Crippen LogP contribution in [0, 0.1) is 5.92 Å². The molecule has 1 heterocycles. The van der Waals surface area contributed by atoms with Crippen LogP contribution >= 0.6 is 0 Å². The van der Waals surface area contributed by atoms with E-state index in [-0.39, 0.29) is 0 Å². The van der Waals surface area contributed by atoms with Gasteiger partial charge in [-0.2, -0.15) is 0 Å². The Bertz CT molecular complexity index is 104. The molecule has 0 bridgehead atoms. The summed E-state index contributed by atoms with van der Waals surface area (Å²) in [5.74, 6) is 0.836. The van der Waals surface area contributed by atoms with Gasteiger partial charge in [0.25, 0.3) is 0 Å². The van der Waals surface area contributed by atoms with Gasteiger partial charge in [0.2, 0.25) is 0 Å². The smallest absolute Gasteiger partial charge is 0.0950 e. The molecule has 0 aliphatic carbocycles. The predicted molar refractivity (Wildman–Crippen MR) is 42.7 cm³/mol. The Kier molecular flexibility index (Phi) is 2.79. The van der Waals surface area contributed by atoms with Crippen molar-refractivity contribution in [2.45, 2.75) is 39.2 Å². The lowest BCUT2D eigenvalue weighted by molar-refractivity contribution is 0.138. The van der Waals surface area contributed by atoms with Crippen LogP contribution in [0.3, 0.4) is 0 Å². The molecule has 0 radical (unpaired) electrons. The van der Waals surface area contributed by atoms with Crippen LogP contribution in [0.15, 0.2) is 12.3 Å². The lowest BCUT2D eigenvalue weighted by Crippen LogP contribution is -2.08. The second-order valence-corrected chi connectivity index (χ2v) is 3.24. The summed E-state index contributed by atoms with van der Waals surface area (Å²) >= 11 is 0. The van der Waals surface area contributed by atoms with Gasteiger partial charge in [0.05, 0.1) is 12.4 Å². The molecule has 0 saturated carbocycles. The van der Waals surface area contributed by atoms with Crippen molar-refractivity contribution < 1.29 is 4.74 Å². The Balaban J connectivity index is 2.37. The van der Waals surface area contributed by atoms with Gasteiger partial charge in [0.15, 0.2) is 0 Å². The number of rotatable bonds is 0. The van der Waals surface area contributed by atoms with Gasteiger partial charge in [-0.25, -0.2) is 0 Å². The van der Waals surface area contributed by atoms with E-state index in [2.05, 4.69) is 19.9 Å². The molecule has 1 heteroatoms. The Hall–Kier alpha value is -0.460. The van der Waals surface area contributed by atoms with Gasteiger partial charge in [0.1, 0.15) is 0 Å². The molecular formula is C9H16O. The van der Waals surface area contributed by atoms with Crippen LogP contribution in [0.5, 0.6) is 0 Å². The van der Waals surface area contributed by atoms with E-state index in [0.29, 0.717) is 6.10 Å². The first-order valence-electron chi connectivity index (χ1n) is 4.09. The van der Waals surface area contributed by atoms with Gasteiger partial charge >= 0.3 is 0 Å². The van der Waals surface area contributed by atoms with E-state index >= 15 is 0 Å². The quantitative estimate of drug-likeness (QED) is 0.502. The van der Waals surface area contributed by atoms with E-state index in [1.807, 2.05) is 6.26 Å². The zero-order valence-corrected chi connectivity index (χ0v) is 6.84. The highest BCUT2D eigenvalue weighted by molar-refractivity contribution is 4.79. The van der Waals surface area contributed by atoms with Crippen molar-refractivity contribution in [2.24, 2.45) is 5.92 Å². The third-order valence-corrected chi connectivity index (χ3v) is 2.01. The molecule has 1 aliphatic heterocycles. The lowest BCUT2D eigenvalue weighted by Gasteiger charge is -2.17. The van der Waals surface area contributed by atoms with Gasteiger partial charge in [-0.1, -0.05) is 6.92 Å². The number of hydrogen-bond donors (Lipinski definition) is 0. The highest BCUT2D eigenvalue weighted by atomic mass is 16.5. The standard InChI is InChI=1S/C9H16O/c1-8-4-3-7-10-9(2)6-5-8/h3,7-9H,4-6H2,1-2H3.